The average molecular weight is 205 g/mol. The Bertz CT molecular complexity index is 216. The lowest BCUT2D eigenvalue weighted by atomic mass is 10.6. The van der Waals surface area contributed by atoms with Crippen molar-refractivity contribution in [3.63, 3.8) is 0 Å². The van der Waals surface area contributed by atoms with Gasteiger partial charge in [-0.05, 0) is 20.0 Å². The summed E-state index contributed by atoms with van der Waals surface area (Å²) in [7, 11) is -2.02. The van der Waals surface area contributed by atoms with E-state index in [0.717, 1.165) is 6.08 Å². The third kappa shape index (κ3) is 3.73. The molecule has 0 aromatic rings. The number of allylic oxidation sites excluding steroid dienone is 1. The van der Waals surface area contributed by atoms with Crippen molar-refractivity contribution in [2.75, 3.05) is 0 Å². The summed E-state index contributed by atoms with van der Waals surface area (Å²) in [4.78, 5) is 10.8. The zero-order valence-electron chi connectivity index (χ0n) is 7.56. The molecule has 0 aromatic carbocycles. The van der Waals surface area contributed by atoms with E-state index in [4.69, 9.17) is 15.8 Å². The first-order valence-corrected chi connectivity index (χ1v) is 7.63. The number of esters is 1. The number of halogens is 1. The van der Waals surface area contributed by atoms with Gasteiger partial charge in [0.2, 0.25) is 7.38 Å². The van der Waals surface area contributed by atoms with Crippen LogP contribution in [0, 0.1) is 0 Å². The van der Waals surface area contributed by atoms with E-state index in [2.05, 4.69) is 6.58 Å². The van der Waals surface area contributed by atoms with Gasteiger partial charge in [-0.2, -0.15) is 11.1 Å². The molecule has 0 saturated carbocycles. The van der Waals surface area contributed by atoms with Crippen LogP contribution in [0.25, 0.3) is 0 Å². The lowest BCUT2D eigenvalue weighted by molar-refractivity contribution is -0.133. The molecule has 0 atom stereocenters. The standard InChI is InChI=1S/C8H13ClO2Si/c1-5-7(10)11-8(6-2)12(3,4)9/h5-6H,1H2,2-4H3. The molecule has 0 spiro atoms. The molecule has 0 aromatic heterocycles. The maximum absolute atomic E-state index is 10.8. The normalized spacial score (nSPS) is 12.5. The fourth-order valence-corrected chi connectivity index (χ4v) is 2.15. The number of rotatable bonds is 3. The van der Waals surface area contributed by atoms with Gasteiger partial charge in [0.25, 0.3) is 0 Å². The summed E-state index contributed by atoms with van der Waals surface area (Å²) in [5.41, 5.74) is 0. The Kier molecular flexibility index (Phi) is 4.27. The molecule has 2 nitrogen and oxygen atoms in total. The Morgan fingerprint density at radius 1 is 1.58 bits per heavy atom. The average Bonchev–Trinajstić information content (AvgIpc) is 1.97. The summed E-state index contributed by atoms with van der Waals surface area (Å²) in [5.74, 6) is -0.454. The first-order chi connectivity index (χ1) is 5.41. The second-order valence-corrected chi connectivity index (χ2v) is 9.02. The third-order valence-corrected chi connectivity index (χ3v) is 3.35. The minimum atomic E-state index is -2.02. The Morgan fingerprint density at radius 2 is 2.08 bits per heavy atom. The van der Waals surface area contributed by atoms with Crippen molar-refractivity contribution in [1.29, 1.82) is 0 Å². The van der Waals surface area contributed by atoms with Crippen LogP contribution in [-0.2, 0) is 9.53 Å². The van der Waals surface area contributed by atoms with Crippen LogP contribution in [0.2, 0.25) is 13.1 Å². The fraction of sp³-hybridized carbons (Fsp3) is 0.375. The van der Waals surface area contributed by atoms with Crippen molar-refractivity contribution in [2.45, 2.75) is 20.0 Å². The monoisotopic (exact) mass is 204 g/mol. The Hall–Kier alpha value is -0.543. The first-order valence-electron chi connectivity index (χ1n) is 3.61. The molecule has 0 aliphatic heterocycles. The van der Waals surface area contributed by atoms with Gasteiger partial charge in [0.1, 0.15) is 5.38 Å². The highest BCUT2D eigenvalue weighted by Gasteiger charge is 2.26. The Labute approximate surface area is 78.6 Å². The van der Waals surface area contributed by atoms with Crippen molar-refractivity contribution in [3.05, 3.63) is 24.1 Å². The molecule has 0 rings (SSSR count). The zero-order chi connectivity index (χ0) is 9.78. The van der Waals surface area contributed by atoms with E-state index in [9.17, 15) is 4.79 Å². The molecule has 0 N–H and O–H groups in total. The van der Waals surface area contributed by atoms with Crippen molar-refractivity contribution in [3.8, 4) is 0 Å². The maximum Gasteiger partial charge on any atom is 0.334 e. The highest BCUT2D eigenvalue weighted by atomic mass is 35.6. The second kappa shape index (κ2) is 4.47. The van der Waals surface area contributed by atoms with E-state index >= 15 is 0 Å². The Balaban J connectivity index is 4.42. The van der Waals surface area contributed by atoms with E-state index in [-0.39, 0.29) is 0 Å². The van der Waals surface area contributed by atoms with Crippen LogP contribution in [0.1, 0.15) is 6.92 Å². The molecule has 0 saturated heterocycles. The van der Waals surface area contributed by atoms with Crippen molar-refractivity contribution < 1.29 is 9.53 Å². The van der Waals surface area contributed by atoms with Gasteiger partial charge in [-0.3, -0.25) is 0 Å². The molecule has 0 amide bonds. The number of carbonyl (C=O) groups excluding carboxylic acids is 1. The van der Waals surface area contributed by atoms with Gasteiger partial charge in [0, 0.05) is 6.08 Å². The molecule has 0 bridgehead atoms. The fourth-order valence-electron chi connectivity index (χ4n) is 0.674. The molecule has 0 aliphatic carbocycles. The summed E-state index contributed by atoms with van der Waals surface area (Å²) < 4.78 is 4.95. The van der Waals surface area contributed by atoms with Crippen LogP contribution >= 0.6 is 11.1 Å². The molecule has 0 fully saturated rings. The predicted octanol–water partition coefficient (Wildman–Crippen LogP) is 2.60. The second-order valence-electron chi connectivity index (χ2n) is 2.75. The van der Waals surface area contributed by atoms with Crippen molar-refractivity contribution in [2.24, 2.45) is 0 Å². The number of hydrogen-bond acceptors (Lipinski definition) is 2. The molecular formula is C8H13ClO2Si. The lowest BCUT2D eigenvalue weighted by Crippen LogP contribution is -2.24. The first kappa shape index (κ1) is 11.5. The summed E-state index contributed by atoms with van der Waals surface area (Å²) in [6.07, 6.45) is 2.85. The van der Waals surface area contributed by atoms with E-state index in [1.54, 1.807) is 13.0 Å². The Morgan fingerprint density at radius 3 is 2.33 bits per heavy atom. The lowest BCUT2D eigenvalue weighted by Gasteiger charge is -2.16. The molecule has 0 radical (unpaired) electrons. The van der Waals surface area contributed by atoms with Gasteiger partial charge in [-0.25, -0.2) is 4.79 Å². The molecular weight excluding hydrogens is 192 g/mol. The highest BCUT2D eigenvalue weighted by molar-refractivity contribution is 7.22. The zero-order valence-corrected chi connectivity index (χ0v) is 9.31. The minimum Gasteiger partial charge on any atom is -0.432 e. The maximum atomic E-state index is 10.8. The van der Waals surface area contributed by atoms with Crippen LogP contribution in [0.3, 0.4) is 0 Å². The SMILES string of the molecule is C=CC(=O)OC(=CC)[Si](C)(C)Cl. The van der Waals surface area contributed by atoms with Crippen LogP contribution in [-0.4, -0.2) is 13.4 Å². The van der Waals surface area contributed by atoms with Gasteiger partial charge >= 0.3 is 5.97 Å². The summed E-state index contributed by atoms with van der Waals surface area (Å²) >= 11 is 6.06. The van der Waals surface area contributed by atoms with Crippen LogP contribution in [0.4, 0.5) is 0 Å². The van der Waals surface area contributed by atoms with Gasteiger partial charge in [0.05, 0.1) is 0 Å². The quantitative estimate of drug-likeness (QED) is 0.232. The minimum absolute atomic E-state index is 0.454. The molecule has 0 unspecified atom stereocenters. The molecule has 0 heterocycles. The topological polar surface area (TPSA) is 26.3 Å². The van der Waals surface area contributed by atoms with Crippen LogP contribution in [0.5, 0.6) is 0 Å². The van der Waals surface area contributed by atoms with E-state index < -0.39 is 13.4 Å². The summed E-state index contributed by atoms with van der Waals surface area (Å²) in [6, 6.07) is 0. The van der Waals surface area contributed by atoms with Gasteiger partial charge in [0.15, 0.2) is 0 Å². The number of hydrogen-bond donors (Lipinski definition) is 0. The van der Waals surface area contributed by atoms with Gasteiger partial charge < -0.3 is 4.74 Å². The number of carbonyl (C=O) groups is 1. The summed E-state index contributed by atoms with van der Waals surface area (Å²) in [6.45, 7) is 8.87. The molecule has 0 aliphatic rings. The van der Waals surface area contributed by atoms with Crippen molar-refractivity contribution >= 4 is 24.4 Å². The predicted molar refractivity (Wildman–Crippen MR) is 53.4 cm³/mol. The smallest absolute Gasteiger partial charge is 0.334 e. The summed E-state index contributed by atoms with van der Waals surface area (Å²) in [5, 5.41) is 0.578. The molecule has 12 heavy (non-hydrogen) atoms. The van der Waals surface area contributed by atoms with Crippen LogP contribution < -0.4 is 0 Å². The molecule has 68 valence electrons. The number of ether oxygens (including phenoxy) is 1. The van der Waals surface area contributed by atoms with E-state index in [0.29, 0.717) is 5.38 Å². The highest BCUT2D eigenvalue weighted by Crippen LogP contribution is 2.20. The van der Waals surface area contributed by atoms with Crippen molar-refractivity contribution in [1.82, 2.24) is 0 Å². The molecule has 4 heteroatoms. The largest absolute Gasteiger partial charge is 0.432 e. The van der Waals surface area contributed by atoms with Gasteiger partial charge in [-0.1, -0.05) is 12.7 Å². The van der Waals surface area contributed by atoms with E-state index in [1.807, 2.05) is 13.1 Å². The third-order valence-electron chi connectivity index (χ3n) is 1.23. The van der Waals surface area contributed by atoms with Crippen LogP contribution in [0.15, 0.2) is 24.1 Å². The van der Waals surface area contributed by atoms with Gasteiger partial charge in [-0.15, -0.1) is 0 Å². The van der Waals surface area contributed by atoms with E-state index in [1.165, 1.54) is 0 Å².